The lowest BCUT2D eigenvalue weighted by molar-refractivity contribution is -0.0432. The van der Waals surface area contributed by atoms with E-state index in [1.165, 1.54) is 56.9 Å². The molecule has 2 aliphatic heterocycles. The molecule has 3 nitrogen and oxygen atoms in total. The van der Waals surface area contributed by atoms with Gasteiger partial charge in [-0.2, -0.15) is 0 Å². The molecule has 4 fully saturated rings. The van der Waals surface area contributed by atoms with Crippen LogP contribution in [0.3, 0.4) is 0 Å². The van der Waals surface area contributed by atoms with Gasteiger partial charge in [0.1, 0.15) is 12.2 Å². The minimum Gasteiger partial charge on any atom is -0.369 e. The third-order valence-corrected chi connectivity index (χ3v) is 5.39. The summed E-state index contributed by atoms with van der Waals surface area (Å²) >= 11 is 0. The monoisotopic (exact) mass is 290 g/mol. The van der Waals surface area contributed by atoms with Crippen molar-refractivity contribution >= 4 is 0 Å². The highest BCUT2D eigenvalue weighted by molar-refractivity contribution is 5.17. The zero-order valence-electron chi connectivity index (χ0n) is 12.7. The maximum absolute atomic E-state index is 6.03. The van der Waals surface area contributed by atoms with Gasteiger partial charge in [-0.15, -0.1) is 0 Å². The van der Waals surface area contributed by atoms with Crippen LogP contribution in [0.2, 0.25) is 0 Å². The summed E-state index contributed by atoms with van der Waals surface area (Å²) in [7, 11) is 0. The molecule has 0 N–H and O–H groups in total. The maximum atomic E-state index is 6.03. The van der Waals surface area contributed by atoms with Gasteiger partial charge in [0.25, 0.3) is 0 Å². The van der Waals surface area contributed by atoms with Crippen LogP contribution in [-0.4, -0.2) is 36.6 Å². The fourth-order valence-corrected chi connectivity index (χ4v) is 3.98. The fraction of sp³-hybridized carbons (Fsp3) is 0.778. The number of epoxide rings is 2. The van der Waals surface area contributed by atoms with Crippen LogP contribution >= 0.6 is 0 Å². The van der Waals surface area contributed by atoms with Gasteiger partial charge in [0.15, 0.2) is 0 Å². The van der Waals surface area contributed by atoms with Crippen molar-refractivity contribution in [2.45, 2.75) is 88.0 Å². The molecule has 0 bridgehead atoms. The largest absolute Gasteiger partial charge is 0.369 e. The van der Waals surface area contributed by atoms with Crippen molar-refractivity contribution in [1.82, 2.24) is 0 Å². The van der Waals surface area contributed by atoms with Crippen LogP contribution in [0.5, 0.6) is 0 Å². The van der Waals surface area contributed by atoms with Gasteiger partial charge >= 0.3 is 0 Å². The van der Waals surface area contributed by atoms with Crippen LogP contribution in [0, 0.1) is 0 Å². The average molecular weight is 290 g/mol. The summed E-state index contributed by atoms with van der Waals surface area (Å²) in [5.74, 6) is 0. The molecular weight excluding hydrogens is 264 g/mol. The first kappa shape index (κ1) is 14.0. The third kappa shape index (κ3) is 3.10. The Bertz CT molecular complexity index is 406. The maximum Gasteiger partial charge on any atom is 0.110 e. The fourth-order valence-electron chi connectivity index (χ4n) is 3.98. The van der Waals surface area contributed by atoms with E-state index < -0.39 is 0 Å². The van der Waals surface area contributed by atoms with Crippen molar-refractivity contribution < 1.29 is 14.2 Å². The average Bonchev–Trinajstić information content (AvgIpc) is 3.44. The number of rotatable bonds is 3. The molecule has 0 amide bonds. The second-order valence-corrected chi connectivity index (χ2v) is 6.87. The smallest absolute Gasteiger partial charge is 0.110 e. The molecule has 6 atom stereocenters. The minimum absolute atomic E-state index is 0.387. The zero-order chi connectivity index (χ0) is 14.2. The molecule has 3 aliphatic carbocycles. The highest BCUT2D eigenvalue weighted by atomic mass is 16.7. The molecular formula is C18H26O3. The highest BCUT2D eigenvalue weighted by Crippen LogP contribution is 2.45. The quantitative estimate of drug-likeness (QED) is 0.746. The molecule has 2 heterocycles. The van der Waals surface area contributed by atoms with Gasteiger partial charge in [0.05, 0.1) is 24.4 Å². The van der Waals surface area contributed by atoms with Crippen LogP contribution in [0.25, 0.3) is 0 Å². The number of hydrogen-bond acceptors (Lipinski definition) is 3. The van der Waals surface area contributed by atoms with Gasteiger partial charge in [0.2, 0.25) is 0 Å². The lowest BCUT2D eigenvalue weighted by Gasteiger charge is -2.18. The number of fused-ring (bicyclic) bond motifs is 2. The van der Waals surface area contributed by atoms with Gasteiger partial charge in [0, 0.05) is 0 Å². The van der Waals surface area contributed by atoms with Crippen LogP contribution in [0.1, 0.15) is 51.4 Å². The van der Waals surface area contributed by atoms with E-state index >= 15 is 0 Å². The Morgan fingerprint density at radius 3 is 2.00 bits per heavy atom. The molecule has 0 aromatic rings. The molecule has 0 radical (unpaired) electrons. The molecule has 6 unspecified atom stereocenters. The molecule has 3 heteroatoms. The van der Waals surface area contributed by atoms with Crippen LogP contribution in [0.4, 0.5) is 0 Å². The molecule has 0 aromatic heterocycles. The summed E-state index contributed by atoms with van der Waals surface area (Å²) in [5, 5.41) is 0. The summed E-state index contributed by atoms with van der Waals surface area (Å²) in [6.45, 7) is 3.72. The normalized spacial score (nSPS) is 45.8. The molecule has 5 aliphatic rings. The first-order chi connectivity index (χ1) is 10.3. The van der Waals surface area contributed by atoms with Crippen molar-refractivity contribution in [3.8, 4) is 0 Å². The van der Waals surface area contributed by atoms with E-state index in [1.54, 1.807) is 0 Å². The Hall–Kier alpha value is -0.640. The van der Waals surface area contributed by atoms with Gasteiger partial charge in [-0.25, -0.2) is 0 Å². The Balaban J connectivity index is 0.000000126. The van der Waals surface area contributed by atoms with E-state index in [9.17, 15) is 0 Å². The first-order valence-electron chi connectivity index (χ1n) is 8.63. The summed E-state index contributed by atoms with van der Waals surface area (Å²) in [6.07, 6.45) is 17.1. The summed E-state index contributed by atoms with van der Waals surface area (Å²) in [5.41, 5.74) is 1.44. The molecule has 0 spiro atoms. The molecule has 5 rings (SSSR count). The van der Waals surface area contributed by atoms with Crippen LogP contribution < -0.4 is 0 Å². The van der Waals surface area contributed by atoms with E-state index in [1.807, 2.05) is 6.08 Å². The summed E-state index contributed by atoms with van der Waals surface area (Å²) in [4.78, 5) is 0. The second kappa shape index (κ2) is 5.86. The van der Waals surface area contributed by atoms with Crippen molar-refractivity contribution in [2.75, 3.05) is 0 Å². The topological polar surface area (TPSA) is 34.3 Å². The SMILES string of the molecule is C1CC2OC2C1OC1CCC2OC12.C=CC1=CCCCC1. The second-order valence-electron chi connectivity index (χ2n) is 6.87. The van der Waals surface area contributed by atoms with Gasteiger partial charge in [-0.3, -0.25) is 0 Å². The number of ether oxygens (including phenoxy) is 3. The Morgan fingerprint density at radius 2 is 1.67 bits per heavy atom. The molecule has 0 aromatic carbocycles. The van der Waals surface area contributed by atoms with Crippen molar-refractivity contribution in [3.63, 3.8) is 0 Å². The Kier molecular flexibility index (Phi) is 3.91. The standard InChI is InChI=1S/C10H14O3.C8H12/c1-3-7-9(12-7)5(1)11-6-2-4-8-10(6)13-8;1-2-8-6-4-3-5-7-8/h5-10H,1-4H2;2,6H,1,3-5,7H2. The Labute approximate surface area is 127 Å². The minimum atomic E-state index is 0.387. The third-order valence-electron chi connectivity index (χ3n) is 5.39. The van der Waals surface area contributed by atoms with Gasteiger partial charge < -0.3 is 14.2 Å². The predicted molar refractivity (Wildman–Crippen MR) is 81.2 cm³/mol. The molecule has 21 heavy (non-hydrogen) atoms. The van der Waals surface area contributed by atoms with Gasteiger partial charge in [-0.1, -0.05) is 24.3 Å². The Morgan fingerprint density at radius 1 is 1.00 bits per heavy atom. The van der Waals surface area contributed by atoms with E-state index in [-0.39, 0.29) is 0 Å². The van der Waals surface area contributed by atoms with E-state index in [0.29, 0.717) is 36.6 Å². The van der Waals surface area contributed by atoms with Gasteiger partial charge in [-0.05, 0) is 51.4 Å². The van der Waals surface area contributed by atoms with E-state index in [4.69, 9.17) is 14.2 Å². The molecule has 2 saturated carbocycles. The van der Waals surface area contributed by atoms with Crippen molar-refractivity contribution in [3.05, 3.63) is 24.3 Å². The highest BCUT2D eigenvalue weighted by Gasteiger charge is 2.56. The molecule has 116 valence electrons. The molecule has 2 saturated heterocycles. The lowest BCUT2D eigenvalue weighted by atomic mass is 10.0. The van der Waals surface area contributed by atoms with Crippen molar-refractivity contribution in [2.24, 2.45) is 0 Å². The lowest BCUT2D eigenvalue weighted by Crippen LogP contribution is -2.26. The number of hydrogen-bond donors (Lipinski definition) is 0. The van der Waals surface area contributed by atoms with Crippen LogP contribution in [-0.2, 0) is 14.2 Å². The number of allylic oxidation sites excluding steroid dienone is 3. The van der Waals surface area contributed by atoms with Crippen LogP contribution in [0.15, 0.2) is 24.3 Å². The first-order valence-corrected chi connectivity index (χ1v) is 8.63. The predicted octanol–water partition coefficient (Wildman–Crippen LogP) is 3.54. The van der Waals surface area contributed by atoms with Crippen molar-refractivity contribution in [1.29, 1.82) is 0 Å². The zero-order valence-corrected chi connectivity index (χ0v) is 12.7. The summed E-state index contributed by atoms with van der Waals surface area (Å²) < 4.78 is 16.9. The summed E-state index contributed by atoms with van der Waals surface area (Å²) in [6, 6.07) is 0. The van der Waals surface area contributed by atoms with E-state index in [2.05, 4.69) is 12.7 Å². The van der Waals surface area contributed by atoms with E-state index in [0.717, 1.165) is 0 Å².